The summed E-state index contributed by atoms with van der Waals surface area (Å²) in [7, 11) is 0. The first-order valence-electron chi connectivity index (χ1n) is 3.78. The Morgan fingerprint density at radius 3 is 2.77 bits per heavy atom. The first-order chi connectivity index (χ1) is 6.33. The van der Waals surface area contributed by atoms with Crippen LogP contribution >= 0.6 is 11.3 Å². The van der Waals surface area contributed by atoms with Crippen molar-refractivity contribution in [2.45, 2.75) is 0 Å². The molecule has 0 radical (unpaired) electrons. The van der Waals surface area contributed by atoms with Crippen molar-refractivity contribution in [3.63, 3.8) is 0 Å². The molecule has 0 unspecified atom stereocenters. The Hall–Kier alpha value is -1.48. The van der Waals surface area contributed by atoms with Crippen molar-refractivity contribution in [2.24, 2.45) is 0 Å². The number of rotatable bonds is 1. The van der Waals surface area contributed by atoms with Gasteiger partial charge in [0.2, 0.25) is 0 Å². The number of fused-ring (bicyclic) bond motifs is 1. The van der Waals surface area contributed by atoms with Crippen molar-refractivity contribution in [3.8, 4) is 0 Å². The van der Waals surface area contributed by atoms with Crippen molar-refractivity contribution < 1.29 is 4.79 Å². The van der Waals surface area contributed by atoms with Gasteiger partial charge in [0.15, 0.2) is 11.7 Å². The van der Waals surface area contributed by atoms with Gasteiger partial charge in [-0.2, -0.15) is 0 Å². The van der Waals surface area contributed by atoms with Crippen molar-refractivity contribution in [2.75, 3.05) is 0 Å². The maximum Gasteiger partial charge on any atom is 0.198 e. The van der Waals surface area contributed by atoms with Crippen molar-refractivity contribution in [3.05, 3.63) is 45.4 Å². The minimum atomic E-state index is -0.177. The van der Waals surface area contributed by atoms with E-state index in [2.05, 4.69) is 0 Å². The van der Waals surface area contributed by atoms with E-state index in [1.54, 1.807) is 17.5 Å². The van der Waals surface area contributed by atoms with E-state index in [1.165, 1.54) is 11.3 Å². The number of aldehydes is 1. The van der Waals surface area contributed by atoms with Gasteiger partial charge in [0.1, 0.15) is 0 Å². The van der Waals surface area contributed by atoms with E-state index in [-0.39, 0.29) is 11.0 Å². The van der Waals surface area contributed by atoms with E-state index in [1.807, 2.05) is 12.1 Å². The monoisotopic (exact) mass is 190 g/mol. The third kappa shape index (κ3) is 1.27. The zero-order valence-electron chi connectivity index (χ0n) is 6.69. The molecule has 2 nitrogen and oxygen atoms in total. The van der Waals surface area contributed by atoms with Gasteiger partial charge < -0.3 is 0 Å². The molecule has 0 N–H and O–H groups in total. The first-order valence-corrected chi connectivity index (χ1v) is 4.66. The molecule has 1 aromatic carbocycles. The maximum absolute atomic E-state index is 11.5. The van der Waals surface area contributed by atoms with Crippen molar-refractivity contribution in [1.29, 1.82) is 0 Å². The molecule has 13 heavy (non-hydrogen) atoms. The molecule has 0 saturated heterocycles. The fraction of sp³-hybridized carbons (Fsp3) is 0. The number of hydrogen-bond acceptors (Lipinski definition) is 3. The lowest BCUT2D eigenvalue weighted by Crippen LogP contribution is -2.06. The average Bonchev–Trinajstić information content (AvgIpc) is 2.19. The second-order valence-corrected chi connectivity index (χ2v) is 3.55. The smallest absolute Gasteiger partial charge is 0.198 e. The van der Waals surface area contributed by atoms with Gasteiger partial charge in [-0.3, -0.25) is 9.59 Å². The van der Waals surface area contributed by atoms with E-state index in [4.69, 9.17) is 0 Å². The van der Waals surface area contributed by atoms with Gasteiger partial charge in [-0.15, -0.1) is 11.3 Å². The highest BCUT2D eigenvalue weighted by Crippen LogP contribution is 2.15. The largest absolute Gasteiger partial charge is 0.298 e. The second-order valence-electron chi connectivity index (χ2n) is 2.63. The van der Waals surface area contributed by atoms with Crippen LogP contribution in [0.5, 0.6) is 0 Å². The second kappa shape index (κ2) is 3.11. The van der Waals surface area contributed by atoms with Crippen LogP contribution in [0.3, 0.4) is 0 Å². The van der Waals surface area contributed by atoms with Gasteiger partial charge in [-0.1, -0.05) is 12.1 Å². The third-order valence-corrected chi connectivity index (χ3v) is 2.82. The summed E-state index contributed by atoms with van der Waals surface area (Å²) >= 11 is 1.41. The maximum atomic E-state index is 11.5. The highest BCUT2D eigenvalue weighted by Gasteiger charge is 2.02. The lowest BCUT2D eigenvalue weighted by Gasteiger charge is -1.94. The molecule has 3 heteroatoms. The number of hydrogen-bond donors (Lipinski definition) is 0. The van der Waals surface area contributed by atoms with Crippen LogP contribution in [-0.2, 0) is 0 Å². The highest BCUT2D eigenvalue weighted by molar-refractivity contribution is 7.16. The fourth-order valence-electron chi connectivity index (χ4n) is 1.17. The Morgan fingerprint density at radius 2 is 2.00 bits per heavy atom. The van der Waals surface area contributed by atoms with E-state index < -0.39 is 0 Å². The summed E-state index contributed by atoms with van der Waals surface area (Å²) in [6, 6.07) is 7.28. The van der Waals surface area contributed by atoms with E-state index >= 15 is 0 Å². The van der Waals surface area contributed by atoms with Crippen molar-refractivity contribution in [1.82, 2.24) is 0 Å². The van der Waals surface area contributed by atoms with Gasteiger partial charge in [0.05, 0.1) is 5.56 Å². The number of carbonyl (C=O) groups is 1. The average molecular weight is 190 g/mol. The molecule has 0 bridgehead atoms. The predicted molar refractivity (Wildman–Crippen MR) is 53.5 cm³/mol. The molecule has 0 aliphatic carbocycles. The standard InChI is InChI=1S/C10H6O2S/c11-5-7-6-13-9-4-2-1-3-8(9)10(7)12/h1-6H. The van der Waals surface area contributed by atoms with Crippen LogP contribution in [0.25, 0.3) is 10.1 Å². The Bertz CT molecular complexity index is 514. The van der Waals surface area contributed by atoms with Gasteiger partial charge in [0.25, 0.3) is 0 Å². The highest BCUT2D eigenvalue weighted by atomic mass is 32.1. The quantitative estimate of drug-likeness (QED) is 0.645. The molecule has 0 fully saturated rings. The Kier molecular flexibility index (Phi) is 1.94. The molecule has 0 saturated carbocycles. The molecule has 0 spiro atoms. The Balaban J connectivity index is 2.95. The van der Waals surface area contributed by atoms with Crippen LogP contribution in [0.4, 0.5) is 0 Å². The topological polar surface area (TPSA) is 34.1 Å². The minimum Gasteiger partial charge on any atom is -0.298 e. The van der Waals surface area contributed by atoms with Crippen LogP contribution < -0.4 is 5.43 Å². The van der Waals surface area contributed by atoms with E-state index in [0.29, 0.717) is 11.7 Å². The zero-order valence-corrected chi connectivity index (χ0v) is 7.51. The first kappa shape index (κ1) is 8.13. The number of benzene rings is 1. The molecular formula is C10H6O2S. The van der Waals surface area contributed by atoms with Crippen LogP contribution in [0, 0.1) is 0 Å². The summed E-state index contributed by atoms with van der Waals surface area (Å²) in [6.07, 6.45) is 0.602. The van der Waals surface area contributed by atoms with Gasteiger partial charge in [-0.05, 0) is 12.1 Å². The van der Waals surface area contributed by atoms with E-state index in [0.717, 1.165) is 4.70 Å². The lowest BCUT2D eigenvalue weighted by atomic mass is 10.2. The fourth-order valence-corrected chi connectivity index (χ4v) is 2.04. The molecule has 64 valence electrons. The summed E-state index contributed by atoms with van der Waals surface area (Å²) in [4.78, 5) is 22.0. The van der Waals surface area contributed by atoms with E-state index in [9.17, 15) is 9.59 Å². The summed E-state index contributed by atoms with van der Waals surface area (Å²) < 4.78 is 0.915. The van der Waals surface area contributed by atoms with Gasteiger partial charge in [0, 0.05) is 15.5 Å². The predicted octanol–water partition coefficient (Wildman–Crippen LogP) is 2.07. The van der Waals surface area contributed by atoms with Crippen LogP contribution in [-0.4, -0.2) is 6.29 Å². The third-order valence-electron chi connectivity index (χ3n) is 1.83. The summed E-state index contributed by atoms with van der Waals surface area (Å²) in [5, 5.41) is 2.22. The molecule has 0 aliphatic rings. The summed E-state index contributed by atoms with van der Waals surface area (Å²) in [5.74, 6) is 0. The lowest BCUT2D eigenvalue weighted by molar-refractivity contribution is 0.112. The molecule has 0 aliphatic heterocycles. The Labute approximate surface area is 78.5 Å². The summed E-state index contributed by atoms with van der Waals surface area (Å²) in [6.45, 7) is 0. The Morgan fingerprint density at radius 1 is 1.23 bits per heavy atom. The molecule has 2 rings (SSSR count). The molecule has 0 amide bonds. The summed E-state index contributed by atoms with van der Waals surface area (Å²) in [5.41, 5.74) is 0.0630. The molecular weight excluding hydrogens is 184 g/mol. The normalized spacial score (nSPS) is 10.2. The zero-order chi connectivity index (χ0) is 9.26. The van der Waals surface area contributed by atoms with Crippen LogP contribution in [0.15, 0.2) is 34.4 Å². The van der Waals surface area contributed by atoms with Crippen LogP contribution in [0.2, 0.25) is 0 Å². The molecule has 1 heterocycles. The van der Waals surface area contributed by atoms with Gasteiger partial charge >= 0.3 is 0 Å². The molecule has 2 aromatic rings. The molecule has 0 atom stereocenters. The minimum absolute atomic E-state index is 0.177. The van der Waals surface area contributed by atoms with Crippen molar-refractivity contribution >= 4 is 27.7 Å². The SMILES string of the molecule is O=Cc1csc2ccccc2c1=O. The molecule has 1 aromatic heterocycles. The van der Waals surface area contributed by atoms with Gasteiger partial charge in [-0.25, -0.2) is 0 Å². The number of carbonyl (C=O) groups excluding carboxylic acids is 1. The van der Waals surface area contributed by atoms with Crippen LogP contribution in [0.1, 0.15) is 10.4 Å².